The predicted octanol–water partition coefficient (Wildman–Crippen LogP) is -20.1. The predicted molar refractivity (Wildman–Crippen MR) is 40.5 cm³/mol. The number of halogens is 2. The van der Waals surface area contributed by atoms with Crippen LogP contribution < -0.4 is 231 Å². The minimum Gasteiger partial charge on any atom is -1.00 e. The molecule has 0 aliphatic carbocycles. The second-order valence-corrected chi connectivity index (χ2v) is 2.20. The van der Waals surface area contributed by atoms with Crippen molar-refractivity contribution >= 4 is 27.9 Å². The quantitative estimate of drug-likeness (QED) is 0.0370. The molecule has 7 N–H and O–H groups in total. The molecule has 0 aliphatic rings. The van der Waals surface area contributed by atoms with E-state index < -0.39 is 27.9 Å². The van der Waals surface area contributed by atoms with Gasteiger partial charge in [0.2, 0.25) is 0 Å². The third kappa shape index (κ3) is 395. The topological polar surface area (TPSA) is 242 Å². The van der Waals surface area contributed by atoms with Crippen molar-refractivity contribution < 1.29 is 276 Å². The normalized spacial score (nSPS) is 5.86. The molecule has 0 rings (SSSR count). The first kappa shape index (κ1) is 63.1. The Kier molecular flexibility index (Phi) is 151. The zero-order valence-corrected chi connectivity index (χ0v) is 28.1. The Morgan fingerprint density at radius 3 is 1.00 bits per heavy atom. The van der Waals surface area contributed by atoms with Gasteiger partial charge in [-0.1, -0.05) is 0 Å². The molecule has 0 atom stereocenters. The minimum atomic E-state index is -5.17. The zero-order valence-electron chi connectivity index (χ0n) is 11.3. The van der Waals surface area contributed by atoms with E-state index in [4.69, 9.17) is 51.1 Å². The van der Waals surface area contributed by atoms with Crippen molar-refractivity contribution in [1.29, 1.82) is 0 Å². The van der Waals surface area contributed by atoms with Gasteiger partial charge in [-0.15, -0.1) is 0 Å². The summed E-state index contributed by atoms with van der Waals surface area (Å²) in [7, 11) is -5.17. The summed E-state index contributed by atoms with van der Waals surface area (Å²) in [4.78, 5) is 8.56. The summed E-state index contributed by atoms with van der Waals surface area (Å²) >= 11 is -2.61. The smallest absolute Gasteiger partial charge is 1.00 e. The summed E-state index contributed by atoms with van der Waals surface area (Å²) in [5, 5.41) is 20.4. The van der Waals surface area contributed by atoms with E-state index >= 15 is 0 Å². The molecule has 0 spiro atoms. The van der Waals surface area contributed by atoms with Gasteiger partial charge in [0.1, 0.15) is 0 Å². The van der Waals surface area contributed by atoms with Crippen LogP contribution in [0.25, 0.3) is 0 Å². The molecule has 0 fully saturated rings. The Balaban J connectivity index is -0.00000000901. The van der Waals surface area contributed by atoms with E-state index in [-0.39, 0.29) is 225 Å². The summed E-state index contributed by atoms with van der Waals surface area (Å²) in [6.45, 7) is 0. The Morgan fingerprint density at radius 2 is 1.00 bits per heavy atom. The van der Waals surface area contributed by atoms with E-state index in [2.05, 4.69) is 5.90 Å². The fourth-order valence-electron chi connectivity index (χ4n) is 0. The molecule has 0 radical (unpaired) electrons. The van der Waals surface area contributed by atoms with Crippen molar-refractivity contribution in [2.24, 2.45) is 5.90 Å². The van der Waals surface area contributed by atoms with E-state index in [1.165, 1.54) is 0 Å². The van der Waals surface area contributed by atoms with Crippen LogP contribution in [0.2, 0.25) is 0 Å². The number of hydrogen-bond donors (Lipinski definition) is 6. The summed E-state index contributed by atoms with van der Waals surface area (Å²) in [6.07, 6.45) is -1.83. The fraction of sp³-hybridized carbons (Fsp3) is 0. The molecule has 21 heavy (non-hydrogen) atoms. The Hall–Kier alpha value is 6.25. The van der Waals surface area contributed by atoms with Crippen LogP contribution in [0.15, 0.2) is 0 Å². The van der Waals surface area contributed by atoms with E-state index in [0.717, 1.165) is 0 Å². The number of hydrogen-bond acceptors (Lipinski definition) is 8. The van der Waals surface area contributed by atoms with Crippen LogP contribution in [-0.2, 0) is 21.8 Å². The largest absolute Gasteiger partial charge is 1.00 e. The molecular weight excluding hydrogens is 613 g/mol. The van der Waals surface area contributed by atoms with Crippen molar-refractivity contribution in [3.05, 3.63) is 0 Å². The molecular formula is CH7BrIK3NNaO11S2. The molecule has 0 saturated heterocycles. The first-order valence-corrected chi connectivity index (χ1v) is 4.50. The molecule has 0 heterocycles. The van der Waals surface area contributed by atoms with Gasteiger partial charge in [-0.25, -0.2) is 10.7 Å². The van der Waals surface area contributed by atoms with Gasteiger partial charge >= 0.3 is 190 Å². The molecule has 20 heteroatoms. The molecule has 12 nitrogen and oxygen atoms in total. The maximum atomic E-state index is 8.67. The summed E-state index contributed by atoms with van der Waals surface area (Å²) in [6, 6.07) is 0. The monoisotopic (exact) mass is 619 g/mol. The van der Waals surface area contributed by atoms with E-state index in [9.17, 15) is 0 Å². The molecule has 0 saturated carbocycles. The Morgan fingerprint density at radius 1 is 1.00 bits per heavy atom. The molecule has 0 aromatic carbocycles. The van der Waals surface area contributed by atoms with Gasteiger partial charge in [0.05, 0.1) is 0 Å². The third-order valence-corrected chi connectivity index (χ3v) is 0. The summed E-state index contributed by atoms with van der Waals surface area (Å²) < 4.78 is 56.9. The van der Waals surface area contributed by atoms with Gasteiger partial charge in [-0.3, -0.25) is 17.5 Å². The average Bonchev–Trinajstić information content (AvgIpc) is 1.83. The van der Waals surface area contributed by atoms with Crippen molar-refractivity contribution in [2.75, 3.05) is 0 Å². The maximum absolute atomic E-state index is 8.67. The molecule has 0 bridgehead atoms. The Bertz CT molecular complexity index is 242. The van der Waals surface area contributed by atoms with Crippen molar-refractivity contribution in [2.45, 2.75) is 0 Å². The van der Waals surface area contributed by atoms with Gasteiger partial charge in [0, 0.05) is 10.4 Å². The molecule has 112 valence electrons. The van der Waals surface area contributed by atoms with Gasteiger partial charge < -0.3 is 65.5 Å². The fourth-order valence-corrected chi connectivity index (χ4v) is 0. The van der Waals surface area contributed by atoms with Crippen LogP contribution in [0.1, 0.15) is 0 Å². The Labute approximate surface area is 300 Å². The van der Waals surface area contributed by atoms with Crippen LogP contribution in [-0.4, -0.2) is 52.4 Å². The molecule has 0 aromatic heterocycles. The van der Waals surface area contributed by atoms with Crippen LogP contribution in [0, 0.1) is 0 Å². The average molecular weight is 620 g/mol. The standard InChI is InChI=1S/CH2O3.BrH.HI.3K.H3NO.Na.H2O4S.H2O3S/c2-1(3)4;;;;;;1-2;;1-5(2,3)4;1-4(2)3/h(H2,2,3,4);2*1H;;;;2H,1H2;;(H2,1,2,3,4);(H2,1,2,3)/q;;;3*+1;;+1;;/p-4. The maximum Gasteiger partial charge on any atom is 1.00 e. The van der Waals surface area contributed by atoms with E-state index in [1.54, 1.807) is 0 Å². The van der Waals surface area contributed by atoms with Crippen molar-refractivity contribution in [1.82, 2.24) is 0 Å². The first-order valence-electron chi connectivity index (χ1n) is 2.11. The number of rotatable bonds is 0. The summed E-state index contributed by atoms with van der Waals surface area (Å²) in [5.41, 5.74) is 0. The minimum absolute atomic E-state index is 0. The zero-order chi connectivity index (χ0) is 13.7. The molecule has 0 aromatic rings. The number of nitrogens with two attached hydrogens (primary N) is 1. The van der Waals surface area contributed by atoms with Gasteiger partial charge in [-0.05, 0) is 0 Å². The van der Waals surface area contributed by atoms with Crippen LogP contribution in [0.4, 0.5) is 4.79 Å². The first-order chi connectivity index (χ1) is 6.46. The van der Waals surface area contributed by atoms with Gasteiger partial charge in [0.25, 0.3) is 11.4 Å². The van der Waals surface area contributed by atoms with Gasteiger partial charge in [0.15, 0.2) is 0 Å². The van der Waals surface area contributed by atoms with Crippen molar-refractivity contribution in [3.8, 4) is 0 Å². The summed E-state index contributed by atoms with van der Waals surface area (Å²) in [5.74, 6) is 3.50. The van der Waals surface area contributed by atoms with Crippen molar-refractivity contribution in [3.63, 3.8) is 0 Å². The van der Waals surface area contributed by atoms with Crippen LogP contribution in [0.3, 0.4) is 0 Å². The van der Waals surface area contributed by atoms with E-state index in [1.807, 2.05) is 0 Å². The van der Waals surface area contributed by atoms with Crippen LogP contribution in [0.5, 0.6) is 0 Å². The third-order valence-electron chi connectivity index (χ3n) is 0. The second kappa shape index (κ2) is 50.2. The number of carbonyl (C=O) groups is 1. The molecule has 0 aliphatic heterocycles. The SMILES string of the molecule is NO.O=C(O)O.O=S(=O)([O-])[O-].O=S(O)O.[Br-].[I-].[K+].[K+].[K+].[Na+]. The van der Waals surface area contributed by atoms with E-state index in [0.29, 0.717) is 0 Å². The van der Waals surface area contributed by atoms with Gasteiger partial charge in [-0.2, -0.15) is 4.21 Å². The van der Waals surface area contributed by atoms with Crippen LogP contribution >= 0.6 is 0 Å². The molecule has 0 amide bonds. The molecule has 0 unspecified atom stereocenters. The second-order valence-electron chi connectivity index (χ2n) is 0.922. The number of carboxylic acid groups (broad SMARTS) is 2.